The Bertz CT molecular complexity index is 734. The maximum atomic E-state index is 5.37. The van der Waals surface area contributed by atoms with Gasteiger partial charge in [0.25, 0.3) is 0 Å². The zero-order chi connectivity index (χ0) is 17.6. The largest absolute Gasteiger partial charge is 0.496 e. The van der Waals surface area contributed by atoms with Crippen LogP contribution >= 0.6 is 0 Å². The number of nitrogens with zero attached hydrogens (tertiary/aromatic N) is 3. The van der Waals surface area contributed by atoms with Gasteiger partial charge in [-0.3, -0.25) is 9.91 Å². The number of hydrogen-bond donors (Lipinski definition) is 0. The number of hydrogen-bond acceptors (Lipinski definition) is 4. The van der Waals surface area contributed by atoms with Crippen LogP contribution in [-0.4, -0.2) is 49.4 Å². The predicted molar refractivity (Wildman–Crippen MR) is 103 cm³/mol. The summed E-state index contributed by atoms with van der Waals surface area (Å²) in [6.07, 6.45) is 1.90. The normalized spacial score (nSPS) is 15.7. The SMILES string of the molecule is COc1ccccc1C=NN1CCN(Cc2ccc(C)cc2C)CC1. The summed E-state index contributed by atoms with van der Waals surface area (Å²) in [5.41, 5.74) is 5.16. The van der Waals surface area contributed by atoms with E-state index < -0.39 is 0 Å². The Morgan fingerprint density at radius 3 is 2.52 bits per heavy atom. The fourth-order valence-corrected chi connectivity index (χ4v) is 3.19. The van der Waals surface area contributed by atoms with Gasteiger partial charge in [-0.2, -0.15) is 5.10 Å². The number of hydrazone groups is 1. The maximum absolute atomic E-state index is 5.37. The summed E-state index contributed by atoms with van der Waals surface area (Å²) in [7, 11) is 1.69. The molecule has 0 amide bonds. The van der Waals surface area contributed by atoms with E-state index in [4.69, 9.17) is 4.74 Å². The van der Waals surface area contributed by atoms with E-state index in [9.17, 15) is 0 Å². The Morgan fingerprint density at radius 2 is 1.80 bits per heavy atom. The van der Waals surface area contributed by atoms with E-state index in [2.05, 4.69) is 47.1 Å². The molecule has 1 aliphatic heterocycles. The Kier molecular flexibility index (Phi) is 5.71. The molecule has 0 saturated carbocycles. The van der Waals surface area contributed by atoms with Crippen molar-refractivity contribution in [1.29, 1.82) is 0 Å². The minimum absolute atomic E-state index is 0.861. The molecule has 3 rings (SSSR count). The van der Waals surface area contributed by atoms with E-state index in [1.807, 2.05) is 30.5 Å². The first-order valence-electron chi connectivity index (χ1n) is 8.86. The minimum Gasteiger partial charge on any atom is -0.496 e. The highest BCUT2D eigenvalue weighted by Gasteiger charge is 2.16. The number of para-hydroxylation sites is 1. The fourth-order valence-electron chi connectivity index (χ4n) is 3.19. The zero-order valence-electron chi connectivity index (χ0n) is 15.4. The first kappa shape index (κ1) is 17.5. The van der Waals surface area contributed by atoms with Crippen molar-refractivity contribution in [3.8, 4) is 5.75 Å². The molecule has 0 aliphatic carbocycles. The average Bonchev–Trinajstić information content (AvgIpc) is 2.63. The van der Waals surface area contributed by atoms with Crippen LogP contribution < -0.4 is 4.74 Å². The third-order valence-electron chi connectivity index (χ3n) is 4.74. The second-order valence-electron chi connectivity index (χ2n) is 6.65. The van der Waals surface area contributed by atoms with Gasteiger partial charge in [0.05, 0.1) is 13.3 Å². The molecular formula is C21H27N3O. The first-order chi connectivity index (χ1) is 12.2. The van der Waals surface area contributed by atoms with Crippen LogP contribution in [0.4, 0.5) is 0 Å². The third-order valence-corrected chi connectivity index (χ3v) is 4.74. The van der Waals surface area contributed by atoms with Crippen LogP contribution in [0.25, 0.3) is 0 Å². The van der Waals surface area contributed by atoms with E-state index in [-0.39, 0.29) is 0 Å². The lowest BCUT2D eigenvalue weighted by molar-refractivity contribution is 0.131. The standard InChI is InChI=1S/C21H27N3O/c1-17-8-9-20(18(2)14-17)16-23-10-12-24(13-11-23)22-15-19-6-4-5-7-21(19)25-3/h4-9,14-15H,10-13,16H2,1-3H3. The van der Waals surface area contributed by atoms with Crippen LogP contribution in [0.15, 0.2) is 47.6 Å². The Hall–Kier alpha value is -2.33. The molecule has 25 heavy (non-hydrogen) atoms. The van der Waals surface area contributed by atoms with Crippen LogP contribution in [0.1, 0.15) is 22.3 Å². The summed E-state index contributed by atoms with van der Waals surface area (Å²) in [5, 5.41) is 6.78. The van der Waals surface area contributed by atoms with Gasteiger partial charge in [0.15, 0.2) is 0 Å². The van der Waals surface area contributed by atoms with Gasteiger partial charge in [0.2, 0.25) is 0 Å². The quantitative estimate of drug-likeness (QED) is 0.782. The molecule has 0 unspecified atom stereocenters. The topological polar surface area (TPSA) is 28.1 Å². The third kappa shape index (κ3) is 4.60. The fraction of sp³-hybridized carbons (Fsp3) is 0.381. The highest BCUT2D eigenvalue weighted by atomic mass is 16.5. The molecule has 0 aromatic heterocycles. The number of rotatable bonds is 5. The number of piperazine rings is 1. The first-order valence-corrected chi connectivity index (χ1v) is 8.86. The molecule has 132 valence electrons. The molecule has 4 nitrogen and oxygen atoms in total. The monoisotopic (exact) mass is 337 g/mol. The van der Waals surface area contributed by atoms with Crippen LogP contribution in [0.2, 0.25) is 0 Å². The van der Waals surface area contributed by atoms with Gasteiger partial charge in [-0.1, -0.05) is 35.9 Å². The van der Waals surface area contributed by atoms with Gasteiger partial charge in [0, 0.05) is 38.3 Å². The van der Waals surface area contributed by atoms with Crippen molar-refractivity contribution in [2.45, 2.75) is 20.4 Å². The molecule has 0 bridgehead atoms. The van der Waals surface area contributed by atoms with Gasteiger partial charge in [0.1, 0.15) is 5.75 Å². The Morgan fingerprint density at radius 1 is 1.04 bits per heavy atom. The van der Waals surface area contributed by atoms with Crippen molar-refractivity contribution < 1.29 is 4.74 Å². The number of methoxy groups -OCH3 is 1. The van der Waals surface area contributed by atoms with Crippen molar-refractivity contribution in [3.63, 3.8) is 0 Å². The molecule has 4 heteroatoms. The zero-order valence-corrected chi connectivity index (χ0v) is 15.4. The van der Waals surface area contributed by atoms with Gasteiger partial charge in [-0.05, 0) is 37.1 Å². The molecule has 1 saturated heterocycles. The summed E-state index contributed by atoms with van der Waals surface area (Å²) in [5.74, 6) is 0.861. The second kappa shape index (κ2) is 8.17. The van der Waals surface area contributed by atoms with Crippen molar-refractivity contribution in [2.24, 2.45) is 5.10 Å². The molecule has 1 fully saturated rings. The number of ether oxygens (including phenoxy) is 1. The minimum atomic E-state index is 0.861. The number of benzene rings is 2. The Balaban J connectivity index is 1.54. The van der Waals surface area contributed by atoms with Crippen molar-refractivity contribution in [1.82, 2.24) is 9.91 Å². The smallest absolute Gasteiger partial charge is 0.127 e. The molecule has 0 spiro atoms. The van der Waals surface area contributed by atoms with Crippen LogP contribution in [0.5, 0.6) is 5.75 Å². The van der Waals surface area contributed by atoms with Crippen molar-refractivity contribution in [2.75, 3.05) is 33.3 Å². The van der Waals surface area contributed by atoms with Gasteiger partial charge in [-0.15, -0.1) is 0 Å². The maximum Gasteiger partial charge on any atom is 0.127 e. The second-order valence-corrected chi connectivity index (χ2v) is 6.65. The predicted octanol–water partition coefficient (Wildman–Crippen LogP) is 3.46. The summed E-state index contributed by atoms with van der Waals surface area (Å²) in [4.78, 5) is 2.51. The lowest BCUT2D eigenvalue weighted by Crippen LogP contribution is -2.43. The van der Waals surface area contributed by atoms with Crippen LogP contribution in [0, 0.1) is 13.8 Å². The van der Waals surface area contributed by atoms with E-state index in [0.717, 1.165) is 44.0 Å². The van der Waals surface area contributed by atoms with Crippen molar-refractivity contribution in [3.05, 3.63) is 64.7 Å². The summed E-state index contributed by atoms with van der Waals surface area (Å²) in [6, 6.07) is 14.7. The summed E-state index contributed by atoms with van der Waals surface area (Å²) < 4.78 is 5.37. The average molecular weight is 337 g/mol. The van der Waals surface area contributed by atoms with Gasteiger partial charge < -0.3 is 4.74 Å². The highest BCUT2D eigenvalue weighted by Crippen LogP contribution is 2.16. The van der Waals surface area contributed by atoms with Crippen LogP contribution in [0.3, 0.4) is 0 Å². The van der Waals surface area contributed by atoms with Gasteiger partial charge in [-0.25, -0.2) is 0 Å². The molecule has 2 aromatic rings. The summed E-state index contributed by atoms with van der Waals surface area (Å²) >= 11 is 0. The highest BCUT2D eigenvalue weighted by molar-refractivity contribution is 5.83. The van der Waals surface area contributed by atoms with E-state index in [1.165, 1.54) is 16.7 Å². The van der Waals surface area contributed by atoms with Crippen molar-refractivity contribution >= 4 is 6.21 Å². The van der Waals surface area contributed by atoms with Gasteiger partial charge >= 0.3 is 0 Å². The van der Waals surface area contributed by atoms with E-state index >= 15 is 0 Å². The Labute approximate surface area is 150 Å². The molecular weight excluding hydrogens is 310 g/mol. The lowest BCUT2D eigenvalue weighted by atomic mass is 10.1. The van der Waals surface area contributed by atoms with Crippen LogP contribution in [-0.2, 0) is 6.54 Å². The molecule has 0 radical (unpaired) electrons. The summed E-state index contributed by atoms with van der Waals surface area (Å²) in [6.45, 7) is 9.36. The lowest BCUT2D eigenvalue weighted by Gasteiger charge is -2.33. The molecule has 1 aliphatic rings. The molecule has 1 heterocycles. The number of aryl methyl sites for hydroxylation is 2. The molecule has 2 aromatic carbocycles. The van der Waals surface area contributed by atoms with E-state index in [1.54, 1.807) is 7.11 Å². The van der Waals surface area contributed by atoms with E-state index in [0.29, 0.717) is 0 Å². The molecule has 0 N–H and O–H groups in total. The molecule has 0 atom stereocenters.